The fourth-order valence-electron chi connectivity index (χ4n) is 3.11. The molecule has 0 spiro atoms. The van der Waals surface area contributed by atoms with E-state index in [1.807, 2.05) is 6.92 Å². The summed E-state index contributed by atoms with van der Waals surface area (Å²) in [6, 6.07) is 6.70. The Balaban J connectivity index is 1.52. The molecule has 2 fully saturated rings. The molecule has 0 bridgehead atoms. The fraction of sp³-hybridized carbons (Fsp3) is 0.588. The Hall–Kier alpha value is -1.64. The first-order valence-corrected chi connectivity index (χ1v) is 10.1. The zero-order valence-electron chi connectivity index (χ0n) is 14.5. The van der Waals surface area contributed by atoms with Crippen molar-refractivity contribution in [3.8, 4) is 0 Å². The Labute approximate surface area is 149 Å². The van der Waals surface area contributed by atoms with Gasteiger partial charge in [-0.15, -0.1) is 0 Å². The summed E-state index contributed by atoms with van der Waals surface area (Å²) in [5.41, 5.74) is 1.02. The number of amides is 2. The predicted molar refractivity (Wildman–Crippen MR) is 93.9 cm³/mol. The Morgan fingerprint density at radius 2 is 1.88 bits per heavy atom. The van der Waals surface area contributed by atoms with Crippen molar-refractivity contribution in [1.29, 1.82) is 0 Å². The lowest BCUT2D eigenvalue weighted by atomic mass is 10.2. The second-order valence-electron chi connectivity index (χ2n) is 6.53. The van der Waals surface area contributed by atoms with Gasteiger partial charge < -0.3 is 15.0 Å². The topological polar surface area (TPSA) is 79.0 Å². The van der Waals surface area contributed by atoms with Crippen molar-refractivity contribution < 1.29 is 17.9 Å². The molecule has 1 aromatic rings. The molecule has 3 rings (SSSR count). The molecule has 1 aromatic carbocycles. The molecule has 2 aliphatic rings. The Bertz CT molecular complexity index is 691. The van der Waals surface area contributed by atoms with Crippen LogP contribution in [-0.4, -0.2) is 69.1 Å². The molecule has 1 atom stereocenters. The summed E-state index contributed by atoms with van der Waals surface area (Å²) in [7, 11) is -3.50. The van der Waals surface area contributed by atoms with Crippen LogP contribution in [0.1, 0.15) is 18.4 Å². The van der Waals surface area contributed by atoms with Crippen molar-refractivity contribution in [2.75, 3.05) is 39.3 Å². The van der Waals surface area contributed by atoms with Gasteiger partial charge in [-0.3, -0.25) is 0 Å². The minimum atomic E-state index is -3.50. The first-order valence-electron chi connectivity index (χ1n) is 8.68. The van der Waals surface area contributed by atoms with Crippen molar-refractivity contribution in [2.24, 2.45) is 0 Å². The van der Waals surface area contributed by atoms with Gasteiger partial charge in [0.15, 0.2) is 0 Å². The number of ether oxygens (including phenoxy) is 1. The van der Waals surface area contributed by atoms with E-state index in [1.165, 1.54) is 4.31 Å². The summed E-state index contributed by atoms with van der Waals surface area (Å²) < 4.78 is 32.3. The van der Waals surface area contributed by atoms with E-state index in [9.17, 15) is 13.2 Å². The third kappa shape index (κ3) is 4.31. The quantitative estimate of drug-likeness (QED) is 0.867. The lowest BCUT2D eigenvalue weighted by Gasteiger charge is -2.34. The molecule has 0 radical (unpaired) electrons. The van der Waals surface area contributed by atoms with Crippen LogP contribution in [0.3, 0.4) is 0 Å². The van der Waals surface area contributed by atoms with E-state index in [0.717, 1.165) is 25.0 Å². The smallest absolute Gasteiger partial charge is 0.317 e. The van der Waals surface area contributed by atoms with Gasteiger partial charge in [0.1, 0.15) is 0 Å². The van der Waals surface area contributed by atoms with E-state index in [-0.39, 0.29) is 12.1 Å². The van der Waals surface area contributed by atoms with Gasteiger partial charge in [0.25, 0.3) is 0 Å². The summed E-state index contributed by atoms with van der Waals surface area (Å²) in [5, 5.41) is 2.88. The SMILES string of the molecule is Cc1ccc(S(=O)(=O)N2CCN(C(=O)NCC3CCCO3)CC2)cc1. The second-order valence-corrected chi connectivity index (χ2v) is 8.46. The highest BCUT2D eigenvalue weighted by atomic mass is 32.2. The number of benzene rings is 1. The van der Waals surface area contributed by atoms with Gasteiger partial charge in [0.05, 0.1) is 11.0 Å². The number of piperazine rings is 1. The van der Waals surface area contributed by atoms with Crippen LogP contribution < -0.4 is 5.32 Å². The van der Waals surface area contributed by atoms with E-state index in [4.69, 9.17) is 4.74 Å². The molecule has 1 N–H and O–H groups in total. The molecule has 2 saturated heterocycles. The minimum absolute atomic E-state index is 0.104. The highest BCUT2D eigenvalue weighted by Gasteiger charge is 2.30. The maximum Gasteiger partial charge on any atom is 0.317 e. The van der Waals surface area contributed by atoms with Gasteiger partial charge in [-0.1, -0.05) is 17.7 Å². The van der Waals surface area contributed by atoms with Crippen LogP contribution in [-0.2, 0) is 14.8 Å². The minimum Gasteiger partial charge on any atom is -0.376 e. The summed E-state index contributed by atoms with van der Waals surface area (Å²) in [6.45, 7) is 4.60. The summed E-state index contributed by atoms with van der Waals surface area (Å²) in [6.07, 6.45) is 2.12. The van der Waals surface area contributed by atoms with E-state index >= 15 is 0 Å². The summed E-state index contributed by atoms with van der Waals surface area (Å²) in [4.78, 5) is 14.2. The number of rotatable bonds is 4. The van der Waals surface area contributed by atoms with Crippen LogP contribution in [0.15, 0.2) is 29.2 Å². The number of carbonyl (C=O) groups is 1. The van der Waals surface area contributed by atoms with Crippen LogP contribution in [0, 0.1) is 6.92 Å². The molecule has 2 amide bonds. The summed E-state index contributed by atoms with van der Waals surface area (Å²) in [5.74, 6) is 0. The first kappa shape index (κ1) is 18.2. The van der Waals surface area contributed by atoms with Crippen molar-refractivity contribution in [1.82, 2.24) is 14.5 Å². The molecule has 0 aromatic heterocycles. The van der Waals surface area contributed by atoms with Crippen LogP contribution in [0.2, 0.25) is 0 Å². The molecular weight excluding hydrogens is 342 g/mol. The molecule has 138 valence electrons. The van der Waals surface area contributed by atoms with Gasteiger partial charge >= 0.3 is 6.03 Å². The zero-order chi connectivity index (χ0) is 17.9. The third-order valence-corrected chi connectivity index (χ3v) is 6.60. The van der Waals surface area contributed by atoms with Crippen molar-refractivity contribution in [2.45, 2.75) is 30.8 Å². The average Bonchev–Trinajstić information content (AvgIpc) is 3.14. The zero-order valence-corrected chi connectivity index (χ0v) is 15.3. The average molecular weight is 367 g/mol. The van der Waals surface area contributed by atoms with Crippen LogP contribution >= 0.6 is 0 Å². The normalized spacial score (nSPS) is 22.1. The third-order valence-electron chi connectivity index (χ3n) is 4.69. The van der Waals surface area contributed by atoms with Gasteiger partial charge in [0, 0.05) is 39.3 Å². The fourth-order valence-corrected chi connectivity index (χ4v) is 4.53. The molecule has 8 heteroatoms. The lowest BCUT2D eigenvalue weighted by molar-refractivity contribution is 0.107. The number of sulfonamides is 1. The molecule has 2 heterocycles. The van der Waals surface area contributed by atoms with E-state index in [1.54, 1.807) is 29.2 Å². The number of aryl methyl sites for hydroxylation is 1. The maximum absolute atomic E-state index is 12.7. The van der Waals surface area contributed by atoms with Gasteiger partial charge in [-0.25, -0.2) is 13.2 Å². The molecule has 25 heavy (non-hydrogen) atoms. The van der Waals surface area contributed by atoms with Gasteiger partial charge in [-0.05, 0) is 31.9 Å². The number of nitrogens with zero attached hydrogens (tertiary/aromatic N) is 2. The van der Waals surface area contributed by atoms with Crippen LogP contribution in [0.25, 0.3) is 0 Å². The summed E-state index contributed by atoms with van der Waals surface area (Å²) >= 11 is 0. The van der Waals surface area contributed by atoms with Gasteiger partial charge in [-0.2, -0.15) is 4.31 Å². The Kier molecular flexibility index (Phi) is 5.61. The molecular formula is C17H25N3O4S. The Morgan fingerprint density at radius 1 is 1.20 bits per heavy atom. The van der Waals surface area contributed by atoms with E-state index in [2.05, 4.69) is 5.32 Å². The largest absolute Gasteiger partial charge is 0.376 e. The van der Waals surface area contributed by atoms with Gasteiger partial charge in [0.2, 0.25) is 10.0 Å². The number of hydrogen-bond acceptors (Lipinski definition) is 4. The van der Waals surface area contributed by atoms with E-state index in [0.29, 0.717) is 37.6 Å². The molecule has 0 saturated carbocycles. The molecule has 0 aliphatic carbocycles. The van der Waals surface area contributed by atoms with E-state index < -0.39 is 10.0 Å². The number of carbonyl (C=O) groups excluding carboxylic acids is 1. The molecule has 2 aliphatic heterocycles. The predicted octanol–water partition coefficient (Wildman–Crippen LogP) is 1.19. The van der Waals surface area contributed by atoms with Crippen molar-refractivity contribution in [3.05, 3.63) is 29.8 Å². The maximum atomic E-state index is 12.7. The second kappa shape index (κ2) is 7.72. The monoisotopic (exact) mass is 367 g/mol. The van der Waals surface area contributed by atoms with Crippen molar-refractivity contribution >= 4 is 16.1 Å². The standard InChI is InChI=1S/C17H25N3O4S/c1-14-4-6-16(7-5-14)25(22,23)20-10-8-19(9-11-20)17(21)18-13-15-3-2-12-24-15/h4-7,15H,2-3,8-13H2,1H3,(H,18,21). The molecule has 7 nitrogen and oxygen atoms in total. The van der Waals surface area contributed by atoms with Crippen LogP contribution in [0.5, 0.6) is 0 Å². The van der Waals surface area contributed by atoms with Crippen molar-refractivity contribution in [3.63, 3.8) is 0 Å². The highest BCUT2D eigenvalue weighted by molar-refractivity contribution is 7.89. The van der Waals surface area contributed by atoms with Crippen LogP contribution in [0.4, 0.5) is 4.79 Å². The molecule has 1 unspecified atom stereocenters. The number of nitrogens with one attached hydrogen (secondary N) is 1. The highest BCUT2D eigenvalue weighted by Crippen LogP contribution is 2.18. The first-order chi connectivity index (χ1) is 12.0. The number of urea groups is 1. The lowest BCUT2D eigenvalue weighted by Crippen LogP contribution is -2.53. The Morgan fingerprint density at radius 3 is 2.48 bits per heavy atom. The number of hydrogen-bond donors (Lipinski definition) is 1.